The van der Waals surface area contributed by atoms with Crippen molar-refractivity contribution in [2.75, 3.05) is 25.7 Å². The summed E-state index contributed by atoms with van der Waals surface area (Å²) in [4.78, 5) is 50.9. The number of alkyl halides is 2. The largest absolute Gasteiger partial charge is 0.490 e. The highest BCUT2D eigenvalue weighted by Gasteiger charge is 2.65. The second-order valence-corrected chi connectivity index (χ2v) is 11.0. The van der Waals surface area contributed by atoms with Crippen molar-refractivity contribution in [3.05, 3.63) is 22.7 Å². The predicted molar refractivity (Wildman–Crippen MR) is 98.5 cm³/mol. The average Bonchev–Trinajstić information content (AvgIpc) is 2.86. The molecule has 0 aliphatic carbocycles. The molecule has 17 nitrogen and oxygen atoms in total. The van der Waals surface area contributed by atoms with Crippen LogP contribution in [0.25, 0.3) is 0 Å². The van der Waals surface area contributed by atoms with Crippen LogP contribution in [0.1, 0.15) is 6.23 Å². The third-order valence-corrected chi connectivity index (χ3v) is 7.96. The molecule has 1 saturated heterocycles. The highest BCUT2D eigenvalue weighted by molar-refractivity contribution is 7.66. The van der Waals surface area contributed by atoms with Crippen molar-refractivity contribution in [1.82, 2.24) is 9.55 Å². The Morgan fingerprint density at radius 1 is 1.15 bits per heavy atom. The van der Waals surface area contributed by atoms with Crippen LogP contribution in [0, 0.1) is 0 Å². The fourth-order valence-corrected chi connectivity index (χ4v) is 5.85. The van der Waals surface area contributed by atoms with Gasteiger partial charge < -0.3 is 40.3 Å². The number of aliphatic hydroxyl groups excluding tert-OH is 1. The number of phosphoric acid groups is 3. The first-order chi connectivity index (χ1) is 14.9. The molecule has 0 saturated carbocycles. The quantitative estimate of drug-likeness (QED) is 0.164. The van der Waals surface area contributed by atoms with Crippen LogP contribution in [0.3, 0.4) is 0 Å². The SMILES string of the molecule is Nc1ccn(C2O[C@](CF)(COP(=O)(O)OP(=O)(O)OP(=O)(O)O)[C@@H](O)[C@]2(O)CF)c(=O)n1. The first-order valence-electron chi connectivity index (χ1n) is 8.23. The van der Waals surface area contributed by atoms with Crippen LogP contribution in [0.15, 0.2) is 17.1 Å². The van der Waals surface area contributed by atoms with E-state index in [2.05, 4.69) is 18.1 Å². The highest BCUT2D eigenvalue weighted by atomic mass is 31.3. The van der Waals surface area contributed by atoms with E-state index >= 15 is 0 Å². The van der Waals surface area contributed by atoms with Gasteiger partial charge in [-0.25, -0.2) is 27.3 Å². The molecule has 0 spiro atoms. The molecule has 33 heavy (non-hydrogen) atoms. The number of aromatic nitrogens is 2. The molecule has 6 atom stereocenters. The van der Waals surface area contributed by atoms with Gasteiger partial charge in [-0.15, -0.1) is 0 Å². The zero-order valence-corrected chi connectivity index (χ0v) is 18.6. The normalized spacial score (nSPS) is 31.8. The molecule has 1 fully saturated rings. The number of nitrogen functional groups attached to an aromatic ring is 1. The van der Waals surface area contributed by atoms with E-state index in [9.17, 15) is 42.4 Å². The third-order valence-electron chi connectivity index (χ3n) is 4.18. The Hall–Kier alpha value is -1.17. The number of nitrogens with two attached hydrogens (primary N) is 1. The van der Waals surface area contributed by atoms with Crippen LogP contribution in [0.4, 0.5) is 14.6 Å². The van der Waals surface area contributed by atoms with Crippen LogP contribution in [0.5, 0.6) is 0 Å². The third kappa shape index (κ3) is 6.29. The Morgan fingerprint density at radius 2 is 1.76 bits per heavy atom. The number of nitrogens with zero attached hydrogens (tertiary/aromatic N) is 2. The minimum Gasteiger partial charge on any atom is -0.387 e. The lowest BCUT2D eigenvalue weighted by atomic mass is 9.88. The number of aliphatic hydroxyl groups is 2. The Morgan fingerprint density at radius 3 is 2.24 bits per heavy atom. The van der Waals surface area contributed by atoms with Gasteiger partial charge in [-0.1, -0.05) is 0 Å². The summed E-state index contributed by atoms with van der Waals surface area (Å²) in [6.45, 7) is -5.27. The van der Waals surface area contributed by atoms with Crippen molar-refractivity contribution in [2.24, 2.45) is 0 Å². The zero-order valence-electron chi connectivity index (χ0n) is 15.9. The maximum absolute atomic E-state index is 13.9. The molecule has 2 heterocycles. The van der Waals surface area contributed by atoms with Gasteiger partial charge in [0.25, 0.3) is 0 Å². The van der Waals surface area contributed by atoms with Crippen molar-refractivity contribution >= 4 is 29.3 Å². The smallest absolute Gasteiger partial charge is 0.387 e. The van der Waals surface area contributed by atoms with E-state index < -0.39 is 72.6 Å². The van der Waals surface area contributed by atoms with Crippen LogP contribution < -0.4 is 11.4 Å². The van der Waals surface area contributed by atoms with E-state index in [4.69, 9.17) is 25.2 Å². The van der Waals surface area contributed by atoms with Gasteiger partial charge >= 0.3 is 29.2 Å². The summed E-state index contributed by atoms with van der Waals surface area (Å²) in [5, 5.41) is 20.9. The van der Waals surface area contributed by atoms with E-state index in [1.807, 2.05) is 0 Å². The van der Waals surface area contributed by atoms with Crippen molar-refractivity contribution in [2.45, 2.75) is 23.5 Å². The summed E-state index contributed by atoms with van der Waals surface area (Å²) < 4.78 is 78.2. The molecule has 2 rings (SSSR count). The van der Waals surface area contributed by atoms with Crippen molar-refractivity contribution in [3.63, 3.8) is 0 Å². The topological polar surface area (TPSA) is 270 Å². The molecule has 8 N–H and O–H groups in total. The first kappa shape index (κ1) is 28.1. The van der Waals surface area contributed by atoms with Crippen molar-refractivity contribution in [1.29, 1.82) is 0 Å². The van der Waals surface area contributed by atoms with Crippen LogP contribution in [0.2, 0.25) is 0 Å². The molecule has 0 amide bonds. The molecule has 22 heteroatoms. The lowest BCUT2D eigenvalue weighted by Crippen LogP contribution is -2.55. The van der Waals surface area contributed by atoms with E-state index in [1.54, 1.807) is 0 Å². The summed E-state index contributed by atoms with van der Waals surface area (Å²) >= 11 is 0. The number of hydrogen-bond donors (Lipinski definition) is 7. The van der Waals surface area contributed by atoms with E-state index in [0.717, 1.165) is 12.3 Å². The predicted octanol–water partition coefficient (Wildman–Crippen LogP) is -1.53. The van der Waals surface area contributed by atoms with E-state index in [0.29, 0.717) is 4.57 Å². The van der Waals surface area contributed by atoms with Gasteiger partial charge in [0.2, 0.25) is 0 Å². The second kappa shape index (κ2) is 9.47. The molecule has 0 aromatic carbocycles. The summed E-state index contributed by atoms with van der Waals surface area (Å²) in [5.41, 5.74) is -1.81. The minimum atomic E-state index is -5.92. The monoisotopic (exact) mass is 547 g/mol. The highest BCUT2D eigenvalue weighted by Crippen LogP contribution is 2.66. The fraction of sp³-hybridized carbons (Fsp3) is 0.636. The van der Waals surface area contributed by atoms with Crippen molar-refractivity contribution < 1.29 is 70.1 Å². The molecule has 1 aromatic heterocycles. The summed E-state index contributed by atoms with van der Waals surface area (Å²) in [7, 11) is -17.4. The lowest BCUT2D eigenvalue weighted by molar-refractivity contribution is -0.140. The fourth-order valence-electron chi connectivity index (χ4n) is 2.77. The number of ether oxygens (including phenoxy) is 1. The van der Waals surface area contributed by atoms with Gasteiger partial charge in [-0.2, -0.15) is 13.6 Å². The Labute approximate surface area is 181 Å². The Kier molecular flexibility index (Phi) is 8.05. The van der Waals surface area contributed by atoms with Gasteiger partial charge in [-0.05, 0) is 6.07 Å². The van der Waals surface area contributed by atoms with Gasteiger partial charge in [-0.3, -0.25) is 9.09 Å². The van der Waals surface area contributed by atoms with Crippen LogP contribution in [-0.2, 0) is 31.6 Å². The van der Waals surface area contributed by atoms with Gasteiger partial charge in [0.05, 0.1) is 6.61 Å². The average molecular weight is 547 g/mol. The second-order valence-electron chi connectivity index (χ2n) is 6.60. The van der Waals surface area contributed by atoms with Gasteiger partial charge in [0.15, 0.2) is 17.4 Å². The maximum Gasteiger partial charge on any atom is 0.490 e. The first-order valence-corrected chi connectivity index (χ1v) is 12.8. The molecule has 0 radical (unpaired) electrons. The van der Waals surface area contributed by atoms with E-state index in [1.165, 1.54) is 0 Å². The molecular weight excluding hydrogens is 529 g/mol. The minimum absolute atomic E-state index is 0.289. The molecule has 0 bridgehead atoms. The van der Waals surface area contributed by atoms with Gasteiger partial charge in [0.1, 0.15) is 25.3 Å². The number of rotatable bonds is 10. The Bertz CT molecular complexity index is 1080. The molecule has 1 aromatic rings. The number of hydrogen-bond acceptors (Lipinski definition) is 12. The maximum atomic E-state index is 13.9. The number of anilines is 1. The van der Waals surface area contributed by atoms with E-state index in [-0.39, 0.29) is 5.82 Å². The number of halogens is 2. The molecule has 1 aliphatic heterocycles. The summed E-state index contributed by atoms with van der Waals surface area (Å²) in [6.07, 6.45) is -3.89. The molecule has 190 valence electrons. The Balaban J connectivity index is 2.32. The summed E-state index contributed by atoms with van der Waals surface area (Å²) in [6, 6.07) is 1.01. The van der Waals surface area contributed by atoms with Gasteiger partial charge in [0, 0.05) is 6.20 Å². The molecule has 3 unspecified atom stereocenters. The lowest BCUT2D eigenvalue weighted by Gasteiger charge is -2.31. The zero-order chi connectivity index (χ0) is 25.5. The number of phosphoric ester groups is 1. The molecular formula is C11H18F2N3O14P3. The standard InChI is InChI=1S/C11H18F2N3O14P3/c12-3-10(5-27-32(23,24)30-33(25,26)29-31(20,21)22)7(17)11(19,4-13)8(28-10)16-2-1-6(14)15-9(16)18/h1-2,7-8,17,19H,3-5H2,(H,23,24)(H,25,26)(H2,14,15,18)(H2,20,21,22)/t7-,8?,10-,11-/m1/s1. The van der Waals surface area contributed by atoms with Crippen LogP contribution >= 0.6 is 23.5 Å². The van der Waals surface area contributed by atoms with Crippen molar-refractivity contribution in [3.8, 4) is 0 Å². The molecule has 1 aliphatic rings. The summed E-state index contributed by atoms with van der Waals surface area (Å²) in [5.74, 6) is -0.289. The van der Waals surface area contributed by atoms with Crippen LogP contribution in [-0.4, -0.2) is 76.6 Å².